The van der Waals surface area contributed by atoms with Gasteiger partial charge in [0.1, 0.15) is 11.9 Å². The molecule has 6 heteroatoms. The lowest BCUT2D eigenvalue weighted by molar-refractivity contribution is -0.138. The van der Waals surface area contributed by atoms with Gasteiger partial charge in [0, 0.05) is 27.7 Å². The van der Waals surface area contributed by atoms with E-state index in [2.05, 4.69) is 15.6 Å². The Balaban J connectivity index is 1.84. The van der Waals surface area contributed by atoms with E-state index in [0.29, 0.717) is 19.0 Å². The summed E-state index contributed by atoms with van der Waals surface area (Å²) < 4.78 is 5.87. The lowest BCUT2D eigenvalue weighted by Crippen LogP contribution is -2.50. The number of benzene rings is 1. The summed E-state index contributed by atoms with van der Waals surface area (Å²) in [5.41, 5.74) is -0.312. The molecule has 2 N–H and O–H groups in total. The molecule has 0 heterocycles. The van der Waals surface area contributed by atoms with Gasteiger partial charge in [0.05, 0.1) is 12.0 Å². The highest BCUT2D eigenvalue weighted by molar-refractivity contribution is 5.85. The smallest absolute Gasteiger partial charge is 0.230 e. The number of amides is 1. The first-order valence-corrected chi connectivity index (χ1v) is 9.35. The number of nitrogens with zero attached hydrogens (tertiary/aromatic N) is 2. The molecule has 6 nitrogen and oxygen atoms in total. The lowest BCUT2D eigenvalue weighted by Gasteiger charge is -2.31. The molecule has 144 valence electrons. The maximum atomic E-state index is 12.6. The molecule has 1 saturated carbocycles. The van der Waals surface area contributed by atoms with E-state index in [1.165, 1.54) is 0 Å². The highest BCUT2D eigenvalue weighted by Gasteiger charge is 2.42. The van der Waals surface area contributed by atoms with Gasteiger partial charge in [0.25, 0.3) is 0 Å². The van der Waals surface area contributed by atoms with Crippen LogP contribution in [0.1, 0.15) is 32.6 Å². The van der Waals surface area contributed by atoms with E-state index < -0.39 is 0 Å². The van der Waals surface area contributed by atoms with Crippen LogP contribution in [0.4, 0.5) is 0 Å². The lowest BCUT2D eigenvalue weighted by atomic mass is 9.84. The fraction of sp³-hybridized carbons (Fsp3) is 0.600. The molecule has 1 aliphatic rings. The van der Waals surface area contributed by atoms with Gasteiger partial charge < -0.3 is 20.3 Å². The van der Waals surface area contributed by atoms with Crippen LogP contribution in [0.25, 0.3) is 0 Å². The van der Waals surface area contributed by atoms with Gasteiger partial charge in [0.2, 0.25) is 5.91 Å². The monoisotopic (exact) mass is 360 g/mol. The summed E-state index contributed by atoms with van der Waals surface area (Å²) >= 11 is 0. The molecular formula is C20H32N4O2. The normalized spacial score (nSPS) is 17.5. The maximum absolute atomic E-state index is 12.6. The summed E-state index contributed by atoms with van der Waals surface area (Å²) in [6.45, 7) is 3.25. The Morgan fingerprint density at radius 2 is 1.88 bits per heavy atom. The number of ether oxygens (including phenoxy) is 1. The Morgan fingerprint density at radius 1 is 1.23 bits per heavy atom. The van der Waals surface area contributed by atoms with Crippen molar-refractivity contribution in [2.75, 3.05) is 34.2 Å². The van der Waals surface area contributed by atoms with Crippen molar-refractivity contribution in [3.05, 3.63) is 30.3 Å². The zero-order chi connectivity index (χ0) is 19.0. The minimum Gasteiger partial charge on any atom is -0.489 e. The minimum absolute atomic E-state index is 0.000187. The summed E-state index contributed by atoms with van der Waals surface area (Å²) in [7, 11) is 5.41. The van der Waals surface area contributed by atoms with Crippen molar-refractivity contribution in [1.29, 1.82) is 0 Å². The van der Waals surface area contributed by atoms with Gasteiger partial charge in [-0.3, -0.25) is 9.79 Å². The summed E-state index contributed by atoms with van der Waals surface area (Å²) in [6, 6.07) is 9.77. The quantitative estimate of drug-likeness (QED) is 0.578. The van der Waals surface area contributed by atoms with Gasteiger partial charge in [-0.25, -0.2) is 0 Å². The molecule has 1 amide bonds. The van der Waals surface area contributed by atoms with E-state index in [1.807, 2.05) is 51.4 Å². The molecule has 0 aliphatic heterocycles. The first-order chi connectivity index (χ1) is 12.5. The average molecular weight is 361 g/mol. The fourth-order valence-corrected chi connectivity index (χ4v) is 3.48. The van der Waals surface area contributed by atoms with Crippen molar-refractivity contribution in [2.24, 2.45) is 10.4 Å². The molecule has 1 unspecified atom stereocenters. The zero-order valence-electron chi connectivity index (χ0n) is 16.4. The second kappa shape index (κ2) is 9.46. The Bertz CT molecular complexity index is 595. The SMILES string of the molecule is CN=C(NCC(C)Oc1ccccc1)NCC1(C(=O)N(C)C)CCCC1. The Kier molecular flexibility index (Phi) is 7.30. The number of para-hydroxylation sites is 1. The van der Waals surface area contributed by atoms with Crippen molar-refractivity contribution >= 4 is 11.9 Å². The van der Waals surface area contributed by atoms with Crippen molar-refractivity contribution < 1.29 is 9.53 Å². The number of hydrogen-bond acceptors (Lipinski definition) is 3. The topological polar surface area (TPSA) is 66.0 Å². The van der Waals surface area contributed by atoms with Crippen LogP contribution in [0.5, 0.6) is 5.75 Å². The van der Waals surface area contributed by atoms with Crippen LogP contribution in [-0.4, -0.2) is 57.1 Å². The molecule has 0 radical (unpaired) electrons. The van der Waals surface area contributed by atoms with Gasteiger partial charge in [-0.1, -0.05) is 31.0 Å². The molecular weight excluding hydrogens is 328 g/mol. The second-order valence-corrected chi connectivity index (χ2v) is 7.24. The average Bonchev–Trinajstić information content (AvgIpc) is 3.12. The Hall–Kier alpha value is -2.24. The van der Waals surface area contributed by atoms with Crippen LogP contribution in [0.15, 0.2) is 35.3 Å². The molecule has 26 heavy (non-hydrogen) atoms. The van der Waals surface area contributed by atoms with Crippen LogP contribution < -0.4 is 15.4 Å². The first-order valence-electron chi connectivity index (χ1n) is 9.35. The predicted molar refractivity (Wildman–Crippen MR) is 105 cm³/mol. The third kappa shape index (κ3) is 5.38. The number of carbonyl (C=O) groups excluding carboxylic acids is 1. The molecule has 0 bridgehead atoms. The predicted octanol–water partition coefficient (Wildman–Crippen LogP) is 2.27. The van der Waals surface area contributed by atoms with E-state index >= 15 is 0 Å². The van der Waals surface area contributed by atoms with Crippen LogP contribution in [0.3, 0.4) is 0 Å². The van der Waals surface area contributed by atoms with Crippen LogP contribution in [0.2, 0.25) is 0 Å². The minimum atomic E-state index is -0.312. The van der Waals surface area contributed by atoms with E-state index in [9.17, 15) is 4.79 Å². The number of nitrogens with one attached hydrogen (secondary N) is 2. The van der Waals surface area contributed by atoms with E-state index in [1.54, 1.807) is 11.9 Å². The molecule has 1 aromatic carbocycles. The third-order valence-electron chi connectivity index (χ3n) is 4.88. The number of hydrogen-bond donors (Lipinski definition) is 2. The van der Waals surface area contributed by atoms with E-state index in [-0.39, 0.29) is 17.4 Å². The molecule has 0 spiro atoms. The molecule has 1 fully saturated rings. The van der Waals surface area contributed by atoms with Gasteiger partial charge >= 0.3 is 0 Å². The largest absolute Gasteiger partial charge is 0.489 e. The van der Waals surface area contributed by atoms with Crippen LogP contribution in [0, 0.1) is 5.41 Å². The highest BCUT2D eigenvalue weighted by Crippen LogP contribution is 2.38. The molecule has 0 saturated heterocycles. The molecule has 0 aromatic heterocycles. The summed E-state index contributed by atoms with van der Waals surface area (Å²) in [6.07, 6.45) is 4.08. The third-order valence-corrected chi connectivity index (χ3v) is 4.88. The van der Waals surface area contributed by atoms with Crippen molar-refractivity contribution in [1.82, 2.24) is 15.5 Å². The second-order valence-electron chi connectivity index (χ2n) is 7.24. The number of carbonyl (C=O) groups is 1. The zero-order valence-corrected chi connectivity index (χ0v) is 16.4. The number of aliphatic imine (C=N–C) groups is 1. The Morgan fingerprint density at radius 3 is 2.46 bits per heavy atom. The van der Waals surface area contributed by atoms with E-state index in [4.69, 9.17) is 4.74 Å². The van der Waals surface area contributed by atoms with Gasteiger partial charge in [-0.15, -0.1) is 0 Å². The van der Waals surface area contributed by atoms with Gasteiger partial charge in [0.15, 0.2) is 5.96 Å². The molecule has 2 rings (SSSR count). The van der Waals surface area contributed by atoms with Crippen molar-refractivity contribution in [2.45, 2.75) is 38.7 Å². The summed E-state index contributed by atoms with van der Waals surface area (Å²) in [4.78, 5) is 18.6. The Labute approximate surface area is 157 Å². The van der Waals surface area contributed by atoms with Gasteiger partial charge in [-0.05, 0) is 31.9 Å². The first kappa shape index (κ1) is 20.1. The molecule has 1 aromatic rings. The van der Waals surface area contributed by atoms with Crippen molar-refractivity contribution in [3.8, 4) is 5.75 Å². The van der Waals surface area contributed by atoms with Crippen LogP contribution >= 0.6 is 0 Å². The highest BCUT2D eigenvalue weighted by atomic mass is 16.5. The maximum Gasteiger partial charge on any atom is 0.230 e. The van der Waals surface area contributed by atoms with Crippen LogP contribution in [-0.2, 0) is 4.79 Å². The summed E-state index contributed by atoms with van der Waals surface area (Å²) in [5, 5.41) is 6.63. The van der Waals surface area contributed by atoms with E-state index in [0.717, 1.165) is 31.4 Å². The van der Waals surface area contributed by atoms with Gasteiger partial charge in [-0.2, -0.15) is 0 Å². The molecule has 1 aliphatic carbocycles. The number of guanidine groups is 1. The summed E-state index contributed by atoms with van der Waals surface area (Å²) in [5.74, 6) is 1.76. The molecule has 1 atom stereocenters. The fourth-order valence-electron chi connectivity index (χ4n) is 3.48. The standard InChI is InChI=1S/C20H32N4O2/c1-16(26-17-10-6-5-7-11-17)14-22-19(21-2)23-15-20(12-8-9-13-20)18(25)24(3)4/h5-7,10-11,16H,8-9,12-15H2,1-4H3,(H2,21,22,23). The number of rotatable bonds is 7. The van der Waals surface area contributed by atoms with Crippen molar-refractivity contribution in [3.63, 3.8) is 0 Å².